The van der Waals surface area contributed by atoms with Gasteiger partial charge in [-0.05, 0) is 49.1 Å². The van der Waals surface area contributed by atoms with Gasteiger partial charge in [-0.2, -0.15) is 0 Å². The second-order valence-corrected chi connectivity index (χ2v) is 8.51. The molecule has 168 valence electrons. The Morgan fingerprint density at radius 2 is 1.66 bits per heavy atom. The van der Waals surface area contributed by atoms with Crippen molar-refractivity contribution >= 4 is 23.4 Å². The highest BCUT2D eigenvalue weighted by molar-refractivity contribution is 6.00. The quantitative estimate of drug-likeness (QED) is 0.756. The van der Waals surface area contributed by atoms with Gasteiger partial charge in [0.15, 0.2) is 0 Å². The second-order valence-electron chi connectivity index (χ2n) is 8.51. The van der Waals surface area contributed by atoms with Crippen LogP contribution in [-0.4, -0.2) is 48.8 Å². The third-order valence-electron chi connectivity index (χ3n) is 6.35. The number of hydrogen-bond donors (Lipinski definition) is 1. The molecule has 2 aromatic rings. The van der Waals surface area contributed by atoms with E-state index in [2.05, 4.69) is 5.32 Å². The minimum absolute atomic E-state index is 0.0362. The fourth-order valence-corrected chi connectivity index (χ4v) is 4.48. The van der Waals surface area contributed by atoms with Gasteiger partial charge in [0.25, 0.3) is 0 Å². The first kappa shape index (κ1) is 22.0. The number of halogens is 1. The van der Waals surface area contributed by atoms with Gasteiger partial charge < -0.3 is 15.1 Å². The van der Waals surface area contributed by atoms with E-state index in [4.69, 9.17) is 0 Å². The molecule has 6 nitrogen and oxygen atoms in total. The standard InChI is InChI=1S/C25H28FN3O3/c26-21-6-8-22(9-7-21)29-17-20(16-23(29)30)25(32)28-14-11-19(12-15-28)24(31)27-13-10-18-4-2-1-3-5-18/h1-9,19-20H,10-17H2,(H,27,31). The summed E-state index contributed by atoms with van der Waals surface area (Å²) in [6.07, 6.45) is 2.22. The van der Waals surface area contributed by atoms with Crippen LogP contribution in [0, 0.1) is 17.7 Å². The van der Waals surface area contributed by atoms with Gasteiger partial charge in [0, 0.05) is 44.2 Å². The molecular formula is C25H28FN3O3. The lowest BCUT2D eigenvalue weighted by Gasteiger charge is -2.33. The Labute approximate surface area is 187 Å². The monoisotopic (exact) mass is 437 g/mol. The number of piperidine rings is 1. The first-order chi connectivity index (χ1) is 15.5. The van der Waals surface area contributed by atoms with Crippen molar-refractivity contribution in [2.24, 2.45) is 11.8 Å². The second kappa shape index (κ2) is 9.94. The van der Waals surface area contributed by atoms with E-state index in [1.165, 1.54) is 17.7 Å². The van der Waals surface area contributed by atoms with E-state index in [-0.39, 0.29) is 35.9 Å². The van der Waals surface area contributed by atoms with Crippen molar-refractivity contribution in [1.82, 2.24) is 10.2 Å². The van der Waals surface area contributed by atoms with Crippen LogP contribution >= 0.6 is 0 Å². The molecular weight excluding hydrogens is 409 g/mol. The average Bonchev–Trinajstić information content (AvgIpc) is 3.21. The molecule has 2 aliphatic rings. The van der Waals surface area contributed by atoms with E-state index in [1.54, 1.807) is 21.9 Å². The van der Waals surface area contributed by atoms with Gasteiger partial charge in [0.2, 0.25) is 17.7 Å². The molecule has 0 radical (unpaired) electrons. The summed E-state index contributed by atoms with van der Waals surface area (Å²) in [5.74, 6) is -0.959. The molecule has 1 atom stereocenters. The van der Waals surface area contributed by atoms with Crippen LogP contribution in [0.15, 0.2) is 54.6 Å². The highest BCUT2D eigenvalue weighted by atomic mass is 19.1. The molecule has 7 heteroatoms. The Hall–Kier alpha value is -3.22. The van der Waals surface area contributed by atoms with Crippen LogP contribution in [0.1, 0.15) is 24.8 Å². The lowest BCUT2D eigenvalue weighted by atomic mass is 9.94. The fraction of sp³-hybridized carbons (Fsp3) is 0.400. The highest BCUT2D eigenvalue weighted by Gasteiger charge is 2.38. The van der Waals surface area contributed by atoms with Crippen molar-refractivity contribution in [3.05, 3.63) is 66.0 Å². The number of hydrogen-bond acceptors (Lipinski definition) is 3. The number of amides is 3. The Balaban J connectivity index is 1.23. The lowest BCUT2D eigenvalue weighted by molar-refractivity contribution is -0.139. The highest BCUT2D eigenvalue weighted by Crippen LogP contribution is 2.28. The number of carbonyl (C=O) groups excluding carboxylic acids is 3. The van der Waals surface area contributed by atoms with E-state index >= 15 is 0 Å². The third kappa shape index (κ3) is 5.15. The zero-order valence-corrected chi connectivity index (χ0v) is 18.0. The molecule has 1 N–H and O–H groups in total. The summed E-state index contributed by atoms with van der Waals surface area (Å²) < 4.78 is 13.2. The van der Waals surface area contributed by atoms with Crippen molar-refractivity contribution in [3.8, 4) is 0 Å². The van der Waals surface area contributed by atoms with E-state index in [1.807, 2.05) is 30.3 Å². The molecule has 0 aromatic heterocycles. The van der Waals surface area contributed by atoms with Crippen LogP contribution in [-0.2, 0) is 20.8 Å². The van der Waals surface area contributed by atoms with Gasteiger partial charge in [-0.25, -0.2) is 4.39 Å². The molecule has 4 rings (SSSR count). The number of anilines is 1. The number of likely N-dealkylation sites (tertiary alicyclic amines) is 1. The maximum Gasteiger partial charge on any atom is 0.228 e. The molecule has 0 saturated carbocycles. The zero-order valence-electron chi connectivity index (χ0n) is 18.0. The van der Waals surface area contributed by atoms with Gasteiger partial charge in [-0.15, -0.1) is 0 Å². The summed E-state index contributed by atoms with van der Waals surface area (Å²) in [6, 6.07) is 15.8. The molecule has 0 spiro atoms. The zero-order chi connectivity index (χ0) is 22.5. The number of carbonyl (C=O) groups is 3. The molecule has 2 saturated heterocycles. The van der Waals surface area contributed by atoms with Crippen LogP contribution in [0.2, 0.25) is 0 Å². The van der Waals surface area contributed by atoms with Crippen molar-refractivity contribution < 1.29 is 18.8 Å². The average molecular weight is 438 g/mol. The van der Waals surface area contributed by atoms with Crippen molar-refractivity contribution in [2.75, 3.05) is 31.1 Å². The van der Waals surface area contributed by atoms with Crippen LogP contribution in [0.25, 0.3) is 0 Å². The number of rotatable bonds is 6. The first-order valence-electron chi connectivity index (χ1n) is 11.2. The van der Waals surface area contributed by atoms with E-state index < -0.39 is 5.92 Å². The molecule has 2 aromatic carbocycles. The first-order valence-corrected chi connectivity index (χ1v) is 11.2. The summed E-state index contributed by atoms with van der Waals surface area (Å²) in [7, 11) is 0. The van der Waals surface area contributed by atoms with Crippen molar-refractivity contribution in [2.45, 2.75) is 25.7 Å². The molecule has 0 bridgehead atoms. The van der Waals surface area contributed by atoms with Crippen LogP contribution in [0.4, 0.5) is 10.1 Å². The summed E-state index contributed by atoms with van der Waals surface area (Å²) in [5, 5.41) is 3.01. The van der Waals surface area contributed by atoms with E-state index in [0.29, 0.717) is 44.7 Å². The summed E-state index contributed by atoms with van der Waals surface area (Å²) in [4.78, 5) is 41.2. The fourth-order valence-electron chi connectivity index (χ4n) is 4.48. The normalized spacial score (nSPS) is 19.3. The molecule has 32 heavy (non-hydrogen) atoms. The van der Waals surface area contributed by atoms with Gasteiger partial charge in [0.1, 0.15) is 5.82 Å². The van der Waals surface area contributed by atoms with Gasteiger partial charge in [-0.3, -0.25) is 14.4 Å². The summed E-state index contributed by atoms with van der Waals surface area (Å²) in [5.41, 5.74) is 1.80. The van der Waals surface area contributed by atoms with Gasteiger partial charge in [-0.1, -0.05) is 30.3 Å². The Kier molecular flexibility index (Phi) is 6.83. The third-order valence-corrected chi connectivity index (χ3v) is 6.35. The Morgan fingerprint density at radius 1 is 0.969 bits per heavy atom. The van der Waals surface area contributed by atoms with E-state index in [9.17, 15) is 18.8 Å². The Bertz CT molecular complexity index is 956. The minimum atomic E-state index is -0.399. The smallest absolute Gasteiger partial charge is 0.228 e. The molecule has 2 heterocycles. The van der Waals surface area contributed by atoms with Crippen molar-refractivity contribution in [3.63, 3.8) is 0 Å². The molecule has 3 amide bonds. The Morgan fingerprint density at radius 3 is 2.34 bits per heavy atom. The molecule has 2 fully saturated rings. The van der Waals surface area contributed by atoms with Gasteiger partial charge >= 0.3 is 0 Å². The van der Waals surface area contributed by atoms with Crippen LogP contribution in [0.5, 0.6) is 0 Å². The largest absolute Gasteiger partial charge is 0.356 e. The maximum absolute atomic E-state index is 13.2. The summed E-state index contributed by atoms with van der Waals surface area (Å²) in [6.45, 7) is 1.96. The number of nitrogens with one attached hydrogen (secondary N) is 1. The minimum Gasteiger partial charge on any atom is -0.356 e. The van der Waals surface area contributed by atoms with Gasteiger partial charge in [0.05, 0.1) is 5.92 Å². The topological polar surface area (TPSA) is 69.7 Å². The van der Waals surface area contributed by atoms with Crippen LogP contribution in [0.3, 0.4) is 0 Å². The SMILES string of the molecule is O=C(NCCc1ccccc1)C1CCN(C(=O)C2CC(=O)N(c3ccc(F)cc3)C2)CC1. The summed E-state index contributed by atoms with van der Waals surface area (Å²) >= 11 is 0. The molecule has 1 unspecified atom stereocenters. The number of benzene rings is 2. The lowest BCUT2D eigenvalue weighted by Crippen LogP contribution is -2.45. The number of nitrogens with zero attached hydrogens (tertiary/aromatic N) is 2. The predicted molar refractivity (Wildman–Crippen MR) is 119 cm³/mol. The maximum atomic E-state index is 13.2. The van der Waals surface area contributed by atoms with Crippen molar-refractivity contribution in [1.29, 1.82) is 0 Å². The predicted octanol–water partition coefficient (Wildman–Crippen LogP) is 2.78. The van der Waals surface area contributed by atoms with E-state index in [0.717, 1.165) is 6.42 Å². The van der Waals surface area contributed by atoms with Crippen LogP contribution < -0.4 is 10.2 Å². The molecule has 2 aliphatic heterocycles. The molecule has 0 aliphatic carbocycles.